The fourth-order valence-electron chi connectivity index (χ4n) is 3.60. The summed E-state index contributed by atoms with van der Waals surface area (Å²) in [6.07, 6.45) is 1.35. The van der Waals surface area contributed by atoms with E-state index in [1.165, 1.54) is 23.0 Å². The van der Waals surface area contributed by atoms with Gasteiger partial charge in [-0.3, -0.25) is 9.36 Å². The van der Waals surface area contributed by atoms with E-state index in [4.69, 9.17) is 14.2 Å². The SMILES string of the molecule is C[Si](C)(C)CCOCOc1cc(-c2ccc(S(F)(F)(F)(F)F)cc2)cc2c(=O)n(COCC[Si](C)(C)C)cnc12. The highest BCUT2D eigenvalue weighted by Crippen LogP contribution is 3.02. The molecule has 0 amide bonds. The Morgan fingerprint density at radius 2 is 1.40 bits per heavy atom. The van der Waals surface area contributed by atoms with E-state index in [0.29, 0.717) is 30.9 Å². The van der Waals surface area contributed by atoms with Crippen LogP contribution in [0, 0.1) is 0 Å². The zero-order valence-corrected chi connectivity index (χ0v) is 26.4. The number of fused-ring (bicyclic) bond motifs is 1. The second kappa shape index (κ2) is 10.9. The molecule has 0 aliphatic rings. The first-order valence-electron chi connectivity index (χ1n) is 12.8. The molecule has 1 heterocycles. The van der Waals surface area contributed by atoms with Crippen LogP contribution in [0.25, 0.3) is 22.0 Å². The van der Waals surface area contributed by atoms with E-state index >= 15 is 0 Å². The van der Waals surface area contributed by atoms with Crippen LogP contribution in [0.15, 0.2) is 52.4 Å². The molecule has 0 bridgehead atoms. The van der Waals surface area contributed by atoms with E-state index in [1.807, 2.05) is 0 Å². The fraction of sp³-hybridized carbons (Fsp3) is 0.462. The molecular weight excluding hydrogens is 588 g/mol. The second-order valence-corrected chi connectivity index (χ2v) is 25.9. The molecule has 0 atom stereocenters. The normalized spacial score (nSPS) is 14.7. The zero-order valence-electron chi connectivity index (χ0n) is 23.6. The third-order valence-corrected chi connectivity index (χ3v) is 10.6. The summed E-state index contributed by atoms with van der Waals surface area (Å²) >= 11 is 0. The molecule has 0 saturated carbocycles. The Bertz CT molecular complexity index is 1410. The van der Waals surface area contributed by atoms with Crippen molar-refractivity contribution in [3.8, 4) is 16.9 Å². The standard InChI is InChI=1S/C26H37F5N2O4SSi2/c1-39(2,3)13-11-35-18-33-17-32-25-23(26(33)34)15-21(16-24(25)37-19-36-12-14-40(4,5)6)20-7-9-22(10-8-20)38(27,28,29,30)31/h7-10,15-17H,11-14,18-19H2,1-6H3. The number of rotatable bonds is 13. The lowest BCUT2D eigenvalue weighted by atomic mass is 10.0. The van der Waals surface area contributed by atoms with Crippen molar-refractivity contribution in [2.24, 2.45) is 0 Å². The number of hydrogen-bond acceptors (Lipinski definition) is 5. The van der Waals surface area contributed by atoms with E-state index in [1.54, 1.807) is 0 Å². The van der Waals surface area contributed by atoms with Crippen LogP contribution in [-0.4, -0.2) is 45.7 Å². The van der Waals surface area contributed by atoms with Crippen LogP contribution in [0.4, 0.5) is 19.4 Å². The molecule has 0 spiro atoms. The van der Waals surface area contributed by atoms with E-state index < -0.39 is 36.8 Å². The van der Waals surface area contributed by atoms with Gasteiger partial charge in [0.15, 0.2) is 6.79 Å². The van der Waals surface area contributed by atoms with Gasteiger partial charge in [-0.1, -0.05) is 70.8 Å². The number of hydrogen-bond donors (Lipinski definition) is 0. The van der Waals surface area contributed by atoms with Gasteiger partial charge in [-0.05, 0) is 47.5 Å². The lowest BCUT2D eigenvalue weighted by Gasteiger charge is -2.40. The predicted octanol–water partition coefficient (Wildman–Crippen LogP) is 8.72. The predicted molar refractivity (Wildman–Crippen MR) is 157 cm³/mol. The van der Waals surface area contributed by atoms with Crippen molar-refractivity contribution in [3.63, 3.8) is 0 Å². The number of nitrogens with zero attached hydrogens (tertiary/aromatic N) is 2. The minimum Gasteiger partial charge on any atom is -0.465 e. The molecule has 1 aromatic heterocycles. The zero-order chi connectivity index (χ0) is 30.0. The van der Waals surface area contributed by atoms with Crippen LogP contribution in [0.5, 0.6) is 5.75 Å². The highest BCUT2D eigenvalue weighted by atomic mass is 32.5. The molecule has 0 aliphatic heterocycles. The number of aromatic nitrogens is 2. The van der Waals surface area contributed by atoms with Gasteiger partial charge < -0.3 is 14.2 Å². The quantitative estimate of drug-likeness (QED) is 0.0824. The Hall–Kier alpha value is -2.27. The molecule has 0 N–H and O–H groups in total. The topological polar surface area (TPSA) is 62.6 Å². The molecule has 0 fully saturated rings. The Morgan fingerprint density at radius 1 is 0.825 bits per heavy atom. The van der Waals surface area contributed by atoms with Gasteiger partial charge in [-0.2, -0.15) is 0 Å². The Labute approximate surface area is 233 Å². The van der Waals surface area contributed by atoms with Crippen LogP contribution in [0.3, 0.4) is 0 Å². The maximum atomic E-state index is 13.3. The van der Waals surface area contributed by atoms with Gasteiger partial charge in [0.2, 0.25) is 0 Å². The first kappa shape index (κ1) is 32.3. The minimum atomic E-state index is -9.82. The van der Waals surface area contributed by atoms with Crippen molar-refractivity contribution in [3.05, 3.63) is 53.1 Å². The van der Waals surface area contributed by atoms with Crippen molar-refractivity contribution in [1.29, 1.82) is 0 Å². The minimum absolute atomic E-state index is 0.0227. The summed E-state index contributed by atoms with van der Waals surface area (Å²) in [7, 11) is -12.5. The molecule has 2 aromatic carbocycles. The van der Waals surface area contributed by atoms with Gasteiger partial charge in [-0.15, -0.1) is 0 Å². The van der Waals surface area contributed by atoms with Gasteiger partial charge in [0.1, 0.15) is 29.2 Å². The molecular formula is C26H37F5N2O4SSi2. The molecule has 6 nitrogen and oxygen atoms in total. The molecule has 0 saturated heterocycles. The second-order valence-electron chi connectivity index (χ2n) is 12.2. The summed E-state index contributed by atoms with van der Waals surface area (Å²) < 4.78 is 84.5. The van der Waals surface area contributed by atoms with E-state index in [0.717, 1.165) is 24.2 Å². The average Bonchev–Trinajstić information content (AvgIpc) is 2.80. The number of ether oxygens (including phenoxy) is 3. The summed E-state index contributed by atoms with van der Waals surface area (Å²) in [4.78, 5) is 15.7. The third-order valence-electron chi connectivity index (χ3n) is 6.05. The molecule has 40 heavy (non-hydrogen) atoms. The Morgan fingerprint density at radius 3 is 1.95 bits per heavy atom. The van der Waals surface area contributed by atoms with Crippen LogP contribution in [-0.2, 0) is 16.2 Å². The molecule has 0 unspecified atom stereocenters. The lowest BCUT2D eigenvalue weighted by molar-refractivity contribution is 0.0228. The van der Waals surface area contributed by atoms with E-state index in [9.17, 15) is 24.2 Å². The van der Waals surface area contributed by atoms with Crippen LogP contribution >= 0.6 is 10.2 Å². The average molecular weight is 625 g/mol. The highest BCUT2D eigenvalue weighted by Gasteiger charge is 2.65. The molecule has 3 rings (SSSR count). The molecule has 14 heteroatoms. The van der Waals surface area contributed by atoms with Crippen molar-refractivity contribution < 1.29 is 33.6 Å². The van der Waals surface area contributed by atoms with Gasteiger partial charge in [0, 0.05) is 29.4 Å². The largest absolute Gasteiger partial charge is 0.465 e. The highest BCUT2D eigenvalue weighted by molar-refractivity contribution is 8.45. The number of benzene rings is 2. The maximum absolute atomic E-state index is 13.3. The van der Waals surface area contributed by atoms with E-state index in [2.05, 4.69) is 44.3 Å². The maximum Gasteiger partial charge on any atom is 0.310 e. The number of halogens is 5. The molecule has 224 valence electrons. The summed E-state index contributed by atoms with van der Waals surface area (Å²) in [5.74, 6) is 0.182. The molecule has 0 aliphatic carbocycles. The van der Waals surface area contributed by atoms with Gasteiger partial charge >= 0.3 is 10.2 Å². The molecule has 3 aromatic rings. The fourth-order valence-corrected chi connectivity index (χ4v) is 5.76. The van der Waals surface area contributed by atoms with Crippen LogP contribution in [0.1, 0.15) is 0 Å². The van der Waals surface area contributed by atoms with Crippen molar-refractivity contribution in [1.82, 2.24) is 9.55 Å². The Kier molecular flexibility index (Phi) is 8.75. The van der Waals surface area contributed by atoms with Crippen LogP contribution in [0.2, 0.25) is 51.4 Å². The summed E-state index contributed by atoms with van der Waals surface area (Å²) in [5.41, 5.74) is 0.297. The first-order valence-corrected chi connectivity index (χ1v) is 22.2. The summed E-state index contributed by atoms with van der Waals surface area (Å²) in [6, 6.07) is 7.35. The van der Waals surface area contributed by atoms with Crippen molar-refractivity contribution in [2.75, 3.05) is 20.0 Å². The molecule has 0 radical (unpaired) electrons. The van der Waals surface area contributed by atoms with Crippen molar-refractivity contribution >= 4 is 37.3 Å². The summed E-state index contributed by atoms with van der Waals surface area (Å²) in [5, 5.41) is 0.141. The summed E-state index contributed by atoms with van der Waals surface area (Å²) in [6.45, 7) is 14.1. The third kappa shape index (κ3) is 9.40. The lowest BCUT2D eigenvalue weighted by Crippen LogP contribution is -2.25. The van der Waals surface area contributed by atoms with Gasteiger partial charge in [-0.25, -0.2) is 4.98 Å². The Balaban J connectivity index is 1.97. The monoisotopic (exact) mass is 624 g/mol. The van der Waals surface area contributed by atoms with E-state index in [-0.39, 0.29) is 35.7 Å². The van der Waals surface area contributed by atoms with Gasteiger partial charge in [0.05, 0.1) is 5.39 Å². The smallest absolute Gasteiger partial charge is 0.310 e. The van der Waals surface area contributed by atoms with Crippen molar-refractivity contribution in [2.45, 2.75) is 63.0 Å². The first-order chi connectivity index (χ1) is 18.1. The van der Waals surface area contributed by atoms with Gasteiger partial charge in [0.25, 0.3) is 5.56 Å². The van der Waals surface area contributed by atoms with Crippen LogP contribution < -0.4 is 10.3 Å².